The number of para-hydroxylation sites is 2. The van der Waals surface area contributed by atoms with Crippen molar-refractivity contribution >= 4 is 23.4 Å². The number of aryl methyl sites for hydroxylation is 2. The SMILES string of the molecule is COc1ccccc1OC(C)c1nnc(SCC(=O)Nc2cc(C)ccc2C)n1C(C)C. The molecule has 1 aromatic heterocycles. The predicted octanol–water partition coefficient (Wildman–Crippen LogP) is 5.36. The van der Waals surface area contributed by atoms with Crippen molar-refractivity contribution in [3.8, 4) is 11.5 Å². The van der Waals surface area contributed by atoms with Crippen LogP contribution in [0.2, 0.25) is 0 Å². The molecule has 0 fully saturated rings. The zero-order chi connectivity index (χ0) is 23.3. The van der Waals surface area contributed by atoms with Crippen molar-refractivity contribution in [2.45, 2.75) is 51.9 Å². The second kappa shape index (κ2) is 10.5. The van der Waals surface area contributed by atoms with Crippen molar-refractivity contribution in [2.24, 2.45) is 0 Å². The third-order valence-electron chi connectivity index (χ3n) is 4.94. The van der Waals surface area contributed by atoms with Gasteiger partial charge in [-0.25, -0.2) is 0 Å². The Bertz CT molecular complexity index is 1080. The van der Waals surface area contributed by atoms with E-state index < -0.39 is 0 Å². The fourth-order valence-corrected chi connectivity index (χ4v) is 4.17. The third-order valence-corrected chi connectivity index (χ3v) is 5.89. The van der Waals surface area contributed by atoms with Crippen molar-refractivity contribution in [2.75, 3.05) is 18.2 Å². The molecule has 0 aliphatic rings. The summed E-state index contributed by atoms with van der Waals surface area (Å²) in [5, 5.41) is 12.4. The van der Waals surface area contributed by atoms with Gasteiger partial charge in [0.2, 0.25) is 5.91 Å². The number of nitrogens with one attached hydrogen (secondary N) is 1. The molecule has 8 heteroatoms. The Labute approximate surface area is 193 Å². The molecule has 0 bridgehead atoms. The molecule has 3 aromatic rings. The van der Waals surface area contributed by atoms with Crippen LogP contribution >= 0.6 is 11.8 Å². The number of benzene rings is 2. The molecule has 32 heavy (non-hydrogen) atoms. The number of anilines is 1. The van der Waals surface area contributed by atoms with E-state index in [0.29, 0.717) is 22.5 Å². The number of carbonyl (C=O) groups is 1. The molecule has 0 aliphatic heterocycles. The van der Waals surface area contributed by atoms with Crippen LogP contribution in [0.4, 0.5) is 5.69 Å². The Balaban J connectivity index is 1.71. The van der Waals surface area contributed by atoms with Crippen LogP contribution < -0.4 is 14.8 Å². The van der Waals surface area contributed by atoms with Gasteiger partial charge in [0.15, 0.2) is 28.6 Å². The summed E-state index contributed by atoms with van der Waals surface area (Å²) in [5.41, 5.74) is 2.97. The standard InChI is InChI=1S/C24H30N4O3S/c1-15(2)28-23(18(5)31-21-10-8-7-9-20(21)30-6)26-27-24(28)32-14-22(29)25-19-13-16(3)11-12-17(19)4/h7-13,15,18H,14H2,1-6H3,(H,25,29). The van der Waals surface area contributed by atoms with Gasteiger partial charge in [-0.2, -0.15) is 0 Å². The summed E-state index contributed by atoms with van der Waals surface area (Å²) in [4.78, 5) is 12.6. The van der Waals surface area contributed by atoms with Crippen LogP contribution in [0.3, 0.4) is 0 Å². The fraction of sp³-hybridized carbons (Fsp3) is 0.375. The number of hydrogen-bond acceptors (Lipinski definition) is 6. The van der Waals surface area contributed by atoms with E-state index >= 15 is 0 Å². The van der Waals surface area contributed by atoms with E-state index in [1.807, 2.05) is 67.8 Å². The van der Waals surface area contributed by atoms with Crippen molar-refractivity contribution in [1.82, 2.24) is 14.8 Å². The summed E-state index contributed by atoms with van der Waals surface area (Å²) in [6, 6.07) is 13.6. The summed E-state index contributed by atoms with van der Waals surface area (Å²) in [6.07, 6.45) is -0.348. The quantitative estimate of drug-likeness (QED) is 0.439. The molecule has 1 heterocycles. The van der Waals surface area contributed by atoms with Gasteiger partial charge < -0.3 is 19.4 Å². The molecule has 170 valence electrons. The second-order valence-electron chi connectivity index (χ2n) is 7.87. The van der Waals surface area contributed by atoms with Gasteiger partial charge in [0, 0.05) is 11.7 Å². The number of thioether (sulfide) groups is 1. The lowest BCUT2D eigenvalue weighted by Crippen LogP contribution is -2.17. The van der Waals surface area contributed by atoms with Crippen LogP contribution in [0.15, 0.2) is 47.6 Å². The summed E-state index contributed by atoms with van der Waals surface area (Å²) in [5.74, 6) is 2.15. The van der Waals surface area contributed by atoms with Crippen molar-refractivity contribution < 1.29 is 14.3 Å². The van der Waals surface area contributed by atoms with Crippen molar-refractivity contribution in [3.05, 3.63) is 59.4 Å². The smallest absolute Gasteiger partial charge is 0.234 e. The van der Waals surface area contributed by atoms with E-state index in [0.717, 1.165) is 16.8 Å². The highest BCUT2D eigenvalue weighted by atomic mass is 32.2. The summed E-state index contributed by atoms with van der Waals surface area (Å²) in [6.45, 7) is 10.0. The molecule has 2 aromatic carbocycles. The lowest BCUT2D eigenvalue weighted by Gasteiger charge is -2.19. The van der Waals surface area contributed by atoms with Gasteiger partial charge in [-0.1, -0.05) is 36.0 Å². The molecule has 1 unspecified atom stereocenters. The Morgan fingerprint density at radius 1 is 1.09 bits per heavy atom. The first-order valence-electron chi connectivity index (χ1n) is 10.5. The van der Waals surface area contributed by atoms with Crippen LogP contribution in [-0.4, -0.2) is 33.5 Å². The van der Waals surface area contributed by atoms with Crippen molar-refractivity contribution in [1.29, 1.82) is 0 Å². The number of nitrogens with zero attached hydrogens (tertiary/aromatic N) is 3. The van der Waals surface area contributed by atoms with Gasteiger partial charge in [-0.05, 0) is 63.9 Å². The fourth-order valence-electron chi connectivity index (χ4n) is 3.30. The minimum Gasteiger partial charge on any atom is -0.493 e. The van der Waals surface area contributed by atoms with Crippen LogP contribution in [-0.2, 0) is 4.79 Å². The Kier molecular flexibility index (Phi) is 7.80. The van der Waals surface area contributed by atoms with Gasteiger partial charge >= 0.3 is 0 Å². The molecule has 0 saturated carbocycles. The number of carbonyl (C=O) groups excluding carboxylic acids is 1. The van der Waals surface area contributed by atoms with E-state index in [2.05, 4.69) is 29.4 Å². The first-order chi connectivity index (χ1) is 15.3. The minimum atomic E-state index is -0.348. The first kappa shape index (κ1) is 23.7. The van der Waals surface area contributed by atoms with E-state index in [9.17, 15) is 4.79 Å². The molecule has 3 rings (SSSR count). The van der Waals surface area contributed by atoms with Gasteiger partial charge in [0.1, 0.15) is 0 Å². The number of amides is 1. The highest BCUT2D eigenvalue weighted by molar-refractivity contribution is 7.99. The Morgan fingerprint density at radius 2 is 1.81 bits per heavy atom. The highest BCUT2D eigenvalue weighted by Gasteiger charge is 2.23. The predicted molar refractivity (Wildman–Crippen MR) is 128 cm³/mol. The molecule has 1 atom stereocenters. The minimum absolute atomic E-state index is 0.0816. The molecule has 0 aliphatic carbocycles. The average Bonchev–Trinajstić information content (AvgIpc) is 3.20. The van der Waals surface area contributed by atoms with Crippen LogP contribution in [0.5, 0.6) is 11.5 Å². The molecule has 7 nitrogen and oxygen atoms in total. The number of hydrogen-bond donors (Lipinski definition) is 1. The van der Waals surface area contributed by atoms with Gasteiger partial charge in [0.25, 0.3) is 0 Å². The lowest BCUT2D eigenvalue weighted by atomic mass is 10.1. The topological polar surface area (TPSA) is 78.3 Å². The molecule has 0 saturated heterocycles. The average molecular weight is 455 g/mol. The first-order valence-corrected chi connectivity index (χ1v) is 11.5. The largest absolute Gasteiger partial charge is 0.493 e. The molecule has 0 spiro atoms. The van der Waals surface area contributed by atoms with Gasteiger partial charge in [0.05, 0.1) is 12.9 Å². The van der Waals surface area contributed by atoms with E-state index in [1.165, 1.54) is 11.8 Å². The monoisotopic (exact) mass is 454 g/mol. The van der Waals surface area contributed by atoms with E-state index in [-0.39, 0.29) is 23.8 Å². The number of ether oxygens (including phenoxy) is 2. The summed E-state index contributed by atoms with van der Waals surface area (Å²) < 4.78 is 13.5. The number of aromatic nitrogens is 3. The van der Waals surface area contributed by atoms with Gasteiger partial charge in [-0.3, -0.25) is 4.79 Å². The van der Waals surface area contributed by atoms with Crippen LogP contribution in [0.1, 0.15) is 49.9 Å². The number of methoxy groups -OCH3 is 1. The Hall–Kier alpha value is -3.00. The molecule has 0 radical (unpaired) electrons. The second-order valence-corrected chi connectivity index (χ2v) is 8.81. The molecular formula is C24H30N4O3S. The molecule has 1 N–H and O–H groups in total. The zero-order valence-corrected chi connectivity index (χ0v) is 20.2. The number of rotatable bonds is 9. The summed E-state index contributed by atoms with van der Waals surface area (Å²) in [7, 11) is 1.61. The lowest BCUT2D eigenvalue weighted by molar-refractivity contribution is -0.113. The maximum Gasteiger partial charge on any atom is 0.234 e. The molecular weight excluding hydrogens is 424 g/mol. The van der Waals surface area contributed by atoms with E-state index in [1.54, 1.807) is 7.11 Å². The zero-order valence-electron chi connectivity index (χ0n) is 19.4. The maximum atomic E-state index is 12.6. The maximum absolute atomic E-state index is 12.6. The van der Waals surface area contributed by atoms with E-state index in [4.69, 9.17) is 9.47 Å². The molecule has 1 amide bonds. The Morgan fingerprint density at radius 3 is 2.50 bits per heavy atom. The van der Waals surface area contributed by atoms with Crippen LogP contribution in [0, 0.1) is 13.8 Å². The normalized spacial score (nSPS) is 12.0. The van der Waals surface area contributed by atoms with Gasteiger partial charge in [-0.15, -0.1) is 10.2 Å². The van der Waals surface area contributed by atoms with Crippen LogP contribution in [0.25, 0.3) is 0 Å². The van der Waals surface area contributed by atoms with Crippen molar-refractivity contribution in [3.63, 3.8) is 0 Å². The third kappa shape index (κ3) is 5.62. The summed E-state index contributed by atoms with van der Waals surface area (Å²) >= 11 is 1.36. The highest BCUT2D eigenvalue weighted by Crippen LogP contribution is 2.32.